The van der Waals surface area contributed by atoms with Crippen LogP contribution in [0.15, 0.2) is 76.1 Å². The van der Waals surface area contributed by atoms with E-state index in [1.54, 1.807) is 19.1 Å². The molecule has 0 radical (unpaired) electrons. The van der Waals surface area contributed by atoms with Gasteiger partial charge in [0.25, 0.3) is 10.0 Å². The molecule has 3 aromatic carbocycles. The van der Waals surface area contributed by atoms with Gasteiger partial charge in [-0.2, -0.15) is 0 Å². The molecule has 3 rings (SSSR count). The Bertz CT molecular complexity index is 1490. The lowest BCUT2D eigenvalue weighted by Crippen LogP contribution is -2.54. The number of carbonyl (C=O) groups is 2. The number of benzene rings is 3. The van der Waals surface area contributed by atoms with E-state index < -0.39 is 34.1 Å². The third-order valence-electron chi connectivity index (χ3n) is 5.99. The highest BCUT2D eigenvalue weighted by Gasteiger charge is 2.33. The Morgan fingerprint density at radius 1 is 0.975 bits per heavy atom. The van der Waals surface area contributed by atoms with Gasteiger partial charge in [0.2, 0.25) is 11.8 Å². The number of carbonyl (C=O) groups excluding carboxylic acids is 2. The molecule has 0 saturated heterocycles. The van der Waals surface area contributed by atoms with Crippen molar-refractivity contribution in [1.29, 1.82) is 0 Å². The lowest BCUT2D eigenvalue weighted by Gasteiger charge is -2.33. The summed E-state index contributed by atoms with van der Waals surface area (Å²) in [6, 6.07) is 17.1. The first kappa shape index (κ1) is 31.9. The Morgan fingerprint density at radius 3 is 2.20 bits per heavy atom. The number of nitrogens with zero attached hydrogens (tertiary/aromatic N) is 2. The van der Waals surface area contributed by atoms with E-state index in [0.717, 1.165) is 19.9 Å². The van der Waals surface area contributed by atoms with Crippen molar-refractivity contribution in [2.24, 2.45) is 0 Å². The van der Waals surface area contributed by atoms with E-state index in [2.05, 4.69) is 21.2 Å². The Kier molecular flexibility index (Phi) is 10.3. The van der Waals surface area contributed by atoms with E-state index in [1.165, 1.54) is 35.2 Å². The SMILES string of the molecule is Cc1ccc(S(=O)(=O)N(CC(=O)N(Cc2cccc(Br)c2)[C@H](C)C(=O)NC(C)(C)C)c2ccc(Cl)c(Cl)c2)cc1. The first-order valence-electron chi connectivity index (χ1n) is 12.5. The predicted molar refractivity (Wildman–Crippen MR) is 164 cm³/mol. The van der Waals surface area contributed by atoms with Gasteiger partial charge in [-0.1, -0.05) is 69.0 Å². The van der Waals surface area contributed by atoms with Crippen LogP contribution in [-0.2, 0) is 26.2 Å². The average Bonchev–Trinajstić information content (AvgIpc) is 2.86. The molecule has 214 valence electrons. The topological polar surface area (TPSA) is 86.8 Å². The summed E-state index contributed by atoms with van der Waals surface area (Å²) >= 11 is 15.8. The first-order valence-corrected chi connectivity index (χ1v) is 15.5. The highest BCUT2D eigenvalue weighted by atomic mass is 79.9. The van der Waals surface area contributed by atoms with Crippen molar-refractivity contribution in [2.45, 2.75) is 57.6 Å². The van der Waals surface area contributed by atoms with Crippen molar-refractivity contribution in [2.75, 3.05) is 10.8 Å². The van der Waals surface area contributed by atoms with E-state index in [4.69, 9.17) is 23.2 Å². The molecular weight excluding hydrogens is 637 g/mol. The molecule has 1 atom stereocenters. The molecule has 7 nitrogen and oxygen atoms in total. The smallest absolute Gasteiger partial charge is 0.264 e. The number of anilines is 1. The summed E-state index contributed by atoms with van der Waals surface area (Å²) in [6.07, 6.45) is 0. The monoisotopic (exact) mass is 667 g/mol. The molecule has 0 spiro atoms. The fourth-order valence-corrected chi connectivity index (χ4v) is 6.04. The van der Waals surface area contributed by atoms with Gasteiger partial charge in [0.15, 0.2) is 0 Å². The molecule has 11 heteroatoms. The molecule has 0 fully saturated rings. The number of rotatable bonds is 9. The minimum Gasteiger partial charge on any atom is -0.350 e. The number of amides is 2. The van der Waals surface area contributed by atoms with Gasteiger partial charge in [0.05, 0.1) is 20.6 Å². The summed E-state index contributed by atoms with van der Waals surface area (Å²) < 4.78 is 29.6. The van der Waals surface area contributed by atoms with Crippen LogP contribution in [0.2, 0.25) is 10.0 Å². The zero-order chi connectivity index (χ0) is 29.8. The maximum atomic E-state index is 14.0. The van der Waals surface area contributed by atoms with E-state index in [9.17, 15) is 18.0 Å². The lowest BCUT2D eigenvalue weighted by molar-refractivity contribution is -0.140. The Morgan fingerprint density at radius 2 is 1.62 bits per heavy atom. The highest BCUT2D eigenvalue weighted by Crippen LogP contribution is 2.31. The van der Waals surface area contributed by atoms with Gasteiger partial charge in [-0.3, -0.25) is 13.9 Å². The second-order valence-corrected chi connectivity index (χ2v) is 14.1. The Balaban J connectivity index is 2.07. The minimum absolute atomic E-state index is 0.00837. The van der Waals surface area contributed by atoms with Crippen LogP contribution in [0.4, 0.5) is 5.69 Å². The highest BCUT2D eigenvalue weighted by molar-refractivity contribution is 9.10. The summed E-state index contributed by atoms with van der Waals surface area (Å²) in [7, 11) is -4.21. The maximum absolute atomic E-state index is 14.0. The van der Waals surface area contributed by atoms with Gasteiger partial charge in [-0.25, -0.2) is 8.42 Å². The van der Waals surface area contributed by atoms with Crippen LogP contribution < -0.4 is 9.62 Å². The number of hydrogen-bond donors (Lipinski definition) is 1. The predicted octanol–water partition coefficient (Wildman–Crippen LogP) is 6.59. The molecule has 0 aliphatic carbocycles. The lowest BCUT2D eigenvalue weighted by atomic mass is 10.1. The van der Waals surface area contributed by atoms with Crippen LogP contribution >= 0.6 is 39.1 Å². The number of hydrogen-bond acceptors (Lipinski definition) is 4. The van der Waals surface area contributed by atoms with Crippen molar-refractivity contribution < 1.29 is 18.0 Å². The van der Waals surface area contributed by atoms with Crippen LogP contribution in [0.3, 0.4) is 0 Å². The maximum Gasteiger partial charge on any atom is 0.264 e. The van der Waals surface area contributed by atoms with E-state index >= 15 is 0 Å². The third kappa shape index (κ3) is 8.22. The van der Waals surface area contributed by atoms with Crippen LogP contribution in [0.1, 0.15) is 38.8 Å². The van der Waals surface area contributed by atoms with E-state index in [0.29, 0.717) is 0 Å². The number of sulfonamides is 1. The fourth-order valence-electron chi connectivity index (χ4n) is 3.90. The zero-order valence-corrected chi connectivity index (χ0v) is 26.8. The van der Waals surface area contributed by atoms with Gasteiger partial charge in [0, 0.05) is 16.6 Å². The van der Waals surface area contributed by atoms with Gasteiger partial charge < -0.3 is 10.2 Å². The van der Waals surface area contributed by atoms with Crippen molar-refractivity contribution in [3.05, 3.63) is 92.4 Å². The van der Waals surface area contributed by atoms with Crippen LogP contribution in [0.25, 0.3) is 0 Å². The molecule has 1 N–H and O–H groups in total. The summed E-state index contributed by atoms with van der Waals surface area (Å²) in [5, 5.41) is 3.29. The third-order valence-corrected chi connectivity index (χ3v) is 9.01. The molecule has 3 aromatic rings. The van der Waals surface area contributed by atoms with Crippen molar-refractivity contribution in [1.82, 2.24) is 10.2 Å². The van der Waals surface area contributed by atoms with Gasteiger partial charge in [-0.15, -0.1) is 0 Å². The number of halogens is 3. The number of aryl methyl sites for hydroxylation is 1. The summed E-state index contributed by atoms with van der Waals surface area (Å²) in [5.74, 6) is -0.934. The molecule has 40 heavy (non-hydrogen) atoms. The van der Waals surface area contributed by atoms with Gasteiger partial charge in [-0.05, 0) is 82.6 Å². The normalized spacial score (nSPS) is 12.5. The molecule has 0 heterocycles. The van der Waals surface area contributed by atoms with E-state index in [1.807, 2.05) is 52.0 Å². The van der Waals surface area contributed by atoms with E-state index in [-0.39, 0.29) is 33.1 Å². The summed E-state index contributed by atoms with van der Waals surface area (Å²) in [4.78, 5) is 28.5. The Hall–Kier alpha value is -2.59. The van der Waals surface area contributed by atoms with Gasteiger partial charge in [0.1, 0.15) is 12.6 Å². The summed E-state index contributed by atoms with van der Waals surface area (Å²) in [6.45, 7) is 8.51. The van der Waals surface area contributed by atoms with Crippen LogP contribution in [-0.4, -0.2) is 43.3 Å². The fraction of sp³-hybridized carbons (Fsp3) is 0.310. The molecule has 0 aromatic heterocycles. The van der Waals surface area contributed by atoms with Crippen LogP contribution in [0.5, 0.6) is 0 Å². The van der Waals surface area contributed by atoms with Crippen molar-refractivity contribution >= 4 is 66.7 Å². The standard InChI is InChI=1S/C29H32BrCl2N3O4S/c1-19-9-12-24(13-10-19)40(38,39)35(23-11-14-25(31)26(32)16-23)18-27(36)34(17-21-7-6-8-22(30)15-21)20(2)28(37)33-29(3,4)5/h6-16,20H,17-18H2,1-5H3,(H,33,37)/t20-/m1/s1. The largest absolute Gasteiger partial charge is 0.350 e. The van der Waals surface area contributed by atoms with Gasteiger partial charge >= 0.3 is 0 Å². The number of nitrogens with one attached hydrogen (secondary N) is 1. The Labute approximate surface area is 254 Å². The van der Waals surface area contributed by atoms with Crippen molar-refractivity contribution in [3.8, 4) is 0 Å². The summed E-state index contributed by atoms with van der Waals surface area (Å²) in [5.41, 5.74) is 1.28. The molecule has 0 unspecified atom stereocenters. The minimum atomic E-state index is -4.21. The molecule has 0 bridgehead atoms. The molecule has 2 amide bonds. The quantitative estimate of drug-likeness (QED) is 0.279. The zero-order valence-electron chi connectivity index (χ0n) is 22.9. The van der Waals surface area contributed by atoms with Crippen LogP contribution in [0, 0.1) is 6.92 Å². The second-order valence-electron chi connectivity index (χ2n) is 10.5. The first-order chi connectivity index (χ1) is 18.6. The molecule has 0 aliphatic rings. The molecule has 0 aliphatic heterocycles. The second kappa shape index (κ2) is 12.9. The molecule has 0 saturated carbocycles. The molecular formula is C29H32BrCl2N3O4S. The average molecular weight is 669 g/mol. The van der Waals surface area contributed by atoms with Crippen molar-refractivity contribution in [3.63, 3.8) is 0 Å².